The van der Waals surface area contributed by atoms with Crippen LogP contribution in [-0.4, -0.2) is 5.11 Å². The number of rotatable bonds is 2. The maximum atomic E-state index is 10.9. The van der Waals surface area contributed by atoms with Crippen molar-refractivity contribution in [3.05, 3.63) is 66.6 Å². The second-order valence-electron chi connectivity index (χ2n) is 5.64. The van der Waals surface area contributed by atoms with E-state index in [0.717, 1.165) is 26.7 Å². The smallest absolute Gasteiger partial charge is 0.105 e. The Kier molecular flexibility index (Phi) is 4.82. The van der Waals surface area contributed by atoms with Crippen LogP contribution in [0.1, 0.15) is 45.0 Å². The summed E-state index contributed by atoms with van der Waals surface area (Å²) in [5, 5.41) is 11.5. The minimum absolute atomic E-state index is 0.620. The molecule has 2 rings (SSSR count). The average Bonchev–Trinajstić information content (AvgIpc) is 2.42. The predicted molar refractivity (Wildman–Crippen MR) is 93.3 cm³/mol. The van der Waals surface area contributed by atoms with Gasteiger partial charge in [-0.3, -0.25) is 0 Å². The molecule has 1 nitrogen and oxygen atoms in total. The van der Waals surface area contributed by atoms with Crippen molar-refractivity contribution in [3.8, 4) is 0 Å². The van der Waals surface area contributed by atoms with Crippen LogP contribution in [0.3, 0.4) is 0 Å². The van der Waals surface area contributed by atoms with Crippen LogP contribution in [0, 0.1) is 34.6 Å². The van der Waals surface area contributed by atoms with Crippen molar-refractivity contribution in [1.29, 1.82) is 0 Å². The molecule has 0 saturated heterocycles. The Bertz CT molecular complexity index is 658. The summed E-state index contributed by atoms with van der Waals surface area (Å²) < 4.78 is 0.875. The summed E-state index contributed by atoms with van der Waals surface area (Å²) in [4.78, 5) is 0. The molecular weight excluding hydrogens is 348 g/mol. The minimum Gasteiger partial charge on any atom is -0.384 e. The summed E-state index contributed by atoms with van der Waals surface area (Å²) in [5.74, 6) is 0. The Balaban J connectivity index is 2.66. The van der Waals surface area contributed by atoms with Crippen LogP contribution < -0.4 is 0 Å². The molecule has 21 heavy (non-hydrogen) atoms. The lowest BCUT2D eigenvalue weighted by atomic mass is 9.85. The van der Waals surface area contributed by atoms with E-state index in [4.69, 9.17) is 11.6 Å². The third-order valence-corrected chi connectivity index (χ3v) is 5.21. The molecule has 2 aromatic carbocycles. The third kappa shape index (κ3) is 3.03. The minimum atomic E-state index is -0.669. The Hall–Kier alpha value is -0.830. The summed E-state index contributed by atoms with van der Waals surface area (Å²) in [6, 6.07) is 5.56. The Morgan fingerprint density at radius 1 is 0.857 bits per heavy atom. The van der Waals surface area contributed by atoms with Crippen molar-refractivity contribution in [3.63, 3.8) is 0 Å². The van der Waals surface area contributed by atoms with Gasteiger partial charge in [0.2, 0.25) is 0 Å². The van der Waals surface area contributed by atoms with E-state index in [-0.39, 0.29) is 0 Å². The molecule has 0 bridgehead atoms. The van der Waals surface area contributed by atoms with Crippen LogP contribution in [0.5, 0.6) is 0 Å². The first-order valence-electron chi connectivity index (χ1n) is 6.95. The fourth-order valence-electron chi connectivity index (χ4n) is 2.84. The Morgan fingerprint density at radius 2 is 1.33 bits per heavy atom. The van der Waals surface area contributed by atoms with Crippen LogP contribution in [-0.2, 0) is 0 Å². The van der Waals surface area contributed by atoms with Gasteiger partial charge in [-0.15, -0.1) is 0 Å². The normalized spacial score (nSPS) is 12.6. The summed E-state index contributed by atoms with van der Waals surface area (Å²) in [5.41, 5.74) is 7.89. The molecule has 0 radical (unpaired) electrons. The molecule has 1 N–H and O–H groups in total. The van der Waals surface area contributed by atoms with Gasteiger partial charge < -0.3 is 5.11 Å². The van der Waals surface area contributed by atoms with Crippen LogP contribution in [0.15, 0.2) is 22.7 Å². The van der Waals surface area contributed by atoms with Gasteiger partial charge in [-0.2, -0.15) is 0 Å². The van der Waals surface area contributed by atoms with E-state index in [1.165, 1.54) is 16.7 Å². The molecule has 0 aromatic heterocycles. The lowest BCUT2D eigenvalue weighted by molar-refractivity contribution is 0.218. The molecule has 0 aliphatic carbocycles. The van der Waals surface area contributed by atoms with Crippen molar-refractivity contribution >= 4 is 27.5 Å². The molecule has 2 aromatic rings. The van der Waals surface area contributed by atoms with Crippen LogP contribution in [0.25, 0.3) is 0 Å². The van der Waals surface area contributed by atoms with Crippen LogP contribution in [0.4, 0.5) is 0 Å². The van der Waals surface area contributed by atoms with Crippen molar-refractivity contribution in [2.45, 2.75) is 40.7 Å². The lowest BCUT2D eigenvalue weighted by Crippen LogP contribution is -2.09. The molecule has 1 unspecified atom stereocenters. The molecule has 3 heteroatoms. The zero-order valence-electron chi connectivity index (χ0n) is 13.0. The van der Waals surface area contributed by atoms with E-state index in [9.17, 15) is 5.11 Å². The first-order chi connectivity index (χ1) is 9.73. The molecule has 0 spiro atoms. The SMILES string of the molecule is Cc1c(C)c(C)c(C(O)c2cc(Cl)cc(Br)c2)c(C)c1C. The monoisotopic (exact) mass is 366 g/mol. The van der Waals surface area contributed by atoms with E-state index in [1.807, 2.05) is 18.2 Å². The standard InChI is InChI=1S/C18H20BrClO/c1-9-10(2)12(4)17(13(5)11(9)3)18(21)14-6-15(19)8-16(20)7-14/h6-8,18,21H,1-5H3. The van der Waals surface area contributed by atoms with E-state index >= 15 is 0 Å². The first kappa shape index (κ1) is 16.5. The van der Waals surface area contributed by atoms with Gasteiger partial charge in [-0.05, 0) is 91.8 Å². The maximum absolute atomic E-state index is 10.9. The van der Waals surface area contributed by atoms with Gasteiger partial charge in [-0.25, -0.2) is 0 Å². The van der Waals surface area contributed by atoms with Gasteiger partial charge in [0.1, 0.15) is 6.10 Å². The first-order valence-corrected chi connectivity index (χ1v) is 8.12. The van der Waals surface area contributed by atoms with Crippen LogP contribution >= 0.6 is 27.5 Å². The number of aliphatic hydroxyl groups is 1. The zero-order chi connectivity index (χ0) is 15.9. The molecule has 0 fully saturated rings. The average molecular weight is 368 g/mol. The highest BCUT2D eigenvalue weighted by Crippen LogP contribution is 2.35. The highest BCUT2D eigenvalue weighted by molar-refractivity contribution is 9.10. The van der Waals surface area contributed by atoms with Gasteiger partial charge >= 0.3 is 0 Å². The van der Waals surface area contributed by atoms with E-state index in [1.54, 1.807) is 0 Å². The second-order valence-corrected chi connectivity index (χ2v) is 7.00. The molecule has 0 aliphatic rings. The number of benzene rings is 2. The summed E-state index contributed by atoms with van der Waals surface area (Å²) in [6.45, 7) is 10.5. The van der Waals surface area contributed by atoms with E-state index in [2.05, 4.69) is 50.5 Å². The summed E-state index contributed by atoms with van der Waals surface area (Å²) >= 11 is 9.54. The lowest BCUT2D eigenvalue weighted by Gasteiger charge is -2.23. The highest BCUT2D eigenvalue weighted by Gasteiger charge is 2.20. The zero-order valence-corrected chi connectivity index (χ0v) is 15.4. The molecule has 0 amide bonds. The predicted octanol–water partition coefficient (Wildman–Crippen LogP) is 5.73. The molecule has 112 valence electrons. The van der Waals surface area contributed by atoms with E-state index in [0.29, 0.717) is 5.02 Å². The second kappa shape index (κ2) is 6.12. The number of hydrogen-bond acceptors (Lipinski definition) is 1. The van der Waals surface area contributed by atoms with E-state index < -0.39 is 6.10 Å². The topological polar surface area (TPSA) is 20.2 Å². The fraction of sp³-hybridized carbons (Fsp3) is 0.333. The van der Waals surface area contributed by atoms with Gasteiger partial charge in [0.15, 0.2) is 0 Å². The third-order valence-electron chi connectivity index (χ3n) is 4.53. The summed E-state index contributed by atoms with van der Waals surface area (Å²) in [6.07, 6.45) is -0.669. The molecule has 0 aliphatic heterocycles. The van der Waals surface area contributed by atoms with Crippen molar-refractivity contribution in [2.75, 3.05) is 0 Å². The van der Waals surface area contributed by atoms with Crippen molar-refractivity contribution in [1.82, 2.24) is 0 Å². The van der Waals surface area contributed by atoms with Crippen LogP contribution in [0.2, 0.25) is 5.02 Å². The van der Waals surface area contributed by atoms with Crippen molar-refractivity contribution < 1.29 is 5.11 Å². The Labute approximate surface area is 140 Å². The maximum Gasteiger partial charge on any atom is 0.105 e. The fourth-order valence-corrected chi connectivity index (χ4v) is 3.73. The number of aliphatic hydroxyl groups excluding tert-OH is 1. The molecular formula is C18H20BrClO. The quantitative estimate of drug-likeness (QED) is 0.719. The molecule has 0 heterocycles. The number of hydrogen-bond donors (Lipinski definition) is 1. The highest BCUT2D eigenvalue weighted by atomic mass is 79.9. The van der Waals surface area contributed by atoms with Crippen molar-refractivity contribution in [2.24, 2.45) is 0 Å². The van der Waals surface area contributed by atoms with Gasteiger partial charge in [0.05, 0.1) is 0 Å². The summed E-state index contributed by atoms with van der Waals surface area (Å²) in [7, 11) is 0. The molecule has 0 saturated carbocycles. The number of halogens is 2. The van der Waals surface area contributed by atoms with Gasteiger partial charge in [0, 0.05) is 9.50 Å². The van der Waals surface area contributed by atoms with Gasteiger partial charge in [-0.1, -0.05) is 27.5 Å². The Morgan fingerprint density at radius 3 is 1.81 bits per heavy atom. The molecule has 1 atom stereocenters. The van der Waals surface area contributed by atoms with Gasteiger partial charge in [0.25, 0.3) is 0 Å². The largest absolute Gasteiger partial charge is 0.384 e.